The second-order valence-electron chi connectivity index (χ2n) is 6.13. The molecule has 0 bridgehead atoms. The average molecular weight is 227 g/mol. The molecular weight excluding hydrogens is 198 g/mol. The van der Waals surface area contributed by atoms with Crippen molar-refractivity contribution in [1.82, 2.24) is 5.32 Å². The Balaban J connectivity index is 2.53. The zero-order valence-corrected chi connectivity index (χ0v) is 11.7. The van der Waals surface area contributed by atoms with E-state index < -0.39 is 0 Å². The smallest absolute Gasteiger partial charge is 0.0510 e. The third-order valence-corrected chi connectivity index (χ3v) is 3.84. The fourth-order valence-electron chi connectivity index (χ4n) is 2.70. The van der Waals surface area contributed by atoms with Crippen LogP contribution in [-0.2, 0) is 4.74 Å². The molecule has 96 valence electrons. The molecule has 0 amide bonds. The van der Waals surface area contributed by atoms with Gasteiger partial charge in [-0.1, -0.05) is 34.6 Å². The first kappa shape index (κ1) is 14.0. The van der Waals surface area contributed by atoms with Gasteiger partial charge in [-0.05, 0) is 30.6 Å². The van der Waals surface area contributed by atoms with Gasteiger partial charge in [0.25, 0.3) is 0 Å². The highest BCUT2D eigenvalue weighted by Crippen LogP contribution is 2.25. The summed E-state index contributed by atoms with van der Waals surface area (Å²) in [4.78, 5) is 0. The molecular formula is C14H29NO. The van der Waals surface area contributed by atoms with Crippen molar-refractivity contribution in [2.24, 2.45) is 11.3 Å². The molecule has 0 aromatic carbocycles. The highest BCUT2D eigenvalue weighted by Gasteiger charge is 2.30. The Morgan fingerprint density at radius 2 is 1.94 bits per heavy atom. The van der Waals surface area contributed by atoms with Crippen molar-refractivity contribution < 1.29 is 4.74 Å². The summed E-state index contributed by atoms with van der Waals surface area (Å²) in [6, 6.07) is 1.24. The molecule has 1 aliphatic rings. The molecule has 3 unspecified atom stereocenters. The lowest BCUT2D eigenvalue weighted by Crippen LogP contribution is -2.48. The summed E-state index contributed by atoms with van der Waals surface area (Å²) in [6.07, 6.45) is 3.64. The quantitative estimate of drug-likeness (QED) is 0.778. The predicted octanol–water partition coefficient (Wildman–Crippen LogP) is 3.22. The van der Waals surface area contributed by atoms with E-state index in [0.29, 0.717) is 17.5 Å². The van der Waals surface area contributed by atoms with E-state index in [1.807, 2.05) is 0 Å². The zero-order valence-electron chi connectivity index (χ0n) is 11.7. The molecule has 3 atom stereocenters. The Bertz CT molecular complexity index is 191. The van der Waals surface area contributed by atoms with Gasteiger partial charge in [-0.2, -0.15) is 0 Å². The lowest BCUT2D eigenvalue weighted by molar-refractivity contribution is 0.161. The number of hydrogen-bond donors (Lipinski definition) is 1. The van der Waals surface area contributed by atoms with Crippen LogP contribution >= 0.6 is 0 Å². The molecule has 0 aliphatic carbocycles. The Kier molecular flexibility index (Phi) is 5.26. The van der Waals surface area contributed by atoms with Gasteiger partial charge < -0.3 is 10.1 Å². The minimum atomic E-state index is 0.349. The van der Waals surface area contributed by atoms with E-state index in [0.717, 1.165) is 19.1 Å². The number of nitrogens with one attached hydrogen (secondary N) is 1. The number of hydrogen-bond acceptors (Lipinski definition) is 2. The third kappa shape index (κ3) is 3.74. The van der Waals surface area contributed by atoms with Crippen molar-refractivity contribution in [2.75, 3.05) is 13.2 Å². The van der Waals surface area contributed by atoms with Gasteiger partial charge in [0.15, 0.2) is 0 Å². The van der Waals surface area contributed by atoms with Crippen LogP contribution in [0.5, 0.6) is 0 Å². The first-order valence-electron chi connectivity index (χ1n) is 6.82. The molecule has 1 heterocycles. The molecule has 2 nitrogen and oxygen atoms in total. The minimum Gasteiger partial charge on any atom is -0.381 e. The van der Waals surface area contributed by atoms with E-state index in [1.54, 1.807) is 0 Å². The maximum atomic E-state index is 5.50. The van der Waals surface area contributed by atoms with Gasteiger partial charge in [-0.15, -0.1) is 0 Å². The van der Waals surface area contributed by atoms with E-state index in [2.05, 4.69) is 39.9 Å². The van der Waals surface area contributed by atoms with Gasteiger partial charge in [-0.3, -0.25) is 0 Å². The van der Waals surface area contributed by atoms with Gasteiger partial charge >= 0.3 is 0 Å². The highest BCUT2D eigenvalue weighted by molar-refractivity contribution is 4.86. The molecule has 2 heteroatoms. The van der Waals surface area contributed by atoms with Crippen molar-refractivity contribution in [3.63, 3.8) is 0 Å². The molecule has 0 aromatic rings. The van der Waals surface area contributed by atoms with E-state index in [-0.39, 0.29) is 0 Å². The monoisotopic (exact) mass is 227 g/mol. The summed E-state index contributed by atoms with van der Waals surface area (Å²) < 4.78 is 5.50. The second-order valence-corrected chi connectivity index (χ2v) is 6.13. The molecule has 1 aliphatic heterocycles. The molecule has 1 fully saturated rings. The Morgan fingerprint density at radius 1 is 1.25 bits per heavy atom. The van der Waals surface area contributed by atoms with Crippen LogP contribution in [0.2, 0.25) is 0 Å². The summed E-state index contributed by atoms with van der Waals surface area (Å²) in [5.41, 5.74) is 0.349. The maximum Gasteiger partial charge on any atom is 0.0510 e. The molecule has 1 rings (SSSR count). The van der Waals surface area contributed by atoms with Crippen molar-refractivity contribution >= 4 is 0 Å². The van der Waals surface area contributed by atoms with Crippen LogP contribution in [0.3, 0.4) is 0 Å². The Labute approximate surface area is 101 Å². The van der Waals surface area contributed by atoms with Crippen molar-refractivity contribution in [1.29, 1.82) is 0 Å². The molecule has 0 spiro atoms. The zero-order chi connectivity index (χ0) is 12.2. The van der Waals surface area contributed by atoms with Crippen molar-refractivity contribution in [3.05, 3.63) is 0 Å². The summed E-state index contributed by atoms with van der Waals surface area (Å²) >= 11 is 0. The topological polar surface area (TPSA) is 21.3 Å². The predicted molar refractivity (Wildman–Crippen MR) is 69.7 cm³/mol. The SMILES string of the molecule is CCC(NC(CC)C(C)(C)C)C1CCOC1. The first-order valence-corrected chi connectivity index (χ1v) is 6.82. The average Bonchev–Trinajstić information content (AvgIpc) is 2.70. The van der Waals surface area contributed by atoms with Crippen LogP contribution in [0.1, 0.15) is 53.9 Å². The van der Waals surface area contributed by atoms with Crippen LogP contribution in [-0.4, -0.2) is 25.3 Å². The fourth-order valence-corrected chi connectivity index (χ4v) is 2.70. The van der Waals surface area contributed by atoms with E-state index in [1.165, 1.54) is 19.3 Å². The minimum absolute atomic E-state index is 0.349. The van der Waals surface area contributed by atoms with Crippen molar-refractivity contribution in [2.45, 2.75) is 66.0 Å². The standard InChI is InChI=1S/C14H29NO/c1-6-12(11-8-9-16-10-11)15-13(7-2)14(3,4)5/h11-13,15H,6-10H2,1-5H3. The number of rotatable bonds is 5. The Hall–Kier alpha value is -0.0800. The normalized spacial score (nSPS) is 25.7. The molecule has 1 N–H and O–H groups in total. The van der Waals surface area contributed by atoms with Crippen LogP contribution in [0.15, 0.2) is 0 Å². The number of ether oxygens (including phenoxy) is 1. The molecule has 0 aromatic heterocycles. The second kappa shape index (κ2) is 6.02. The summed E-state index contributed by atoms with van der Waals surface area (Å²) in [7, 11) is 0. The fraction of sp³-hybridized carbons (Fsp3) is 1.00. The van der Waals surface area contributed by atoms with Crippen molar-refractivity contribution in [3.8, 4) is 0 Å². The molecule has 0 radical (unpaired) electrons. The van der Waals surface area contributed by atoms with Gasteiger partial charge in [-0.25, -0.2) is 0 Å². The summed E-state index contributed by atoms with van der Waals surface area (Å²) in [5.74, 6) is 0.724. The van der Waals surface area contributed by atoms with Crippen LogP contribution < -0.4 is 5.32 Å². The third-order valence-electron chi connectivity index (χ3n) is 3.84. The van der Waals surface area contributed by atoms with E-state index in [9.17, 15) is 0 Å². The van der Waals surface area contributed by atoms with Crippen LogP contribution in [0.4, 0.5) is 0 Å². The lowest BCUT2D eigenvalue weighted by atomic mass is 9.83. The van der Waals surface area contributed by atoms with E-state index >= 15 is 0 Å². The summed E-state index contributed by atoms with van der Waals surface area (Å²) in [6.45, 7) is 13.4. The highest BCUT2D eigenvalue weighted by atomic mass is 16.5. The largest absolute Gasteiger partial charge is 0.381 e. The maximum absolute atomic E-state index is 5.50. The van der Waals surface area contributed by atoms with Gasteiger partial charge in [0.05, 0.1) is 6.61 Å². The van der Waals surface area contributed by atoms with Crippen LogP contribution in [0.25, 0.3) is 0 Å². The van der Waals surface area contributed by atoms with Gasteiger partial charge in [0, 0.05) is 18.7 Å². The van der Waals surface area contributed by atoms with E-state index in [4.69, 9.17) is 4.74 Å². The molecule has 0 saturated carbocycles. The molecule has 1 saturated heterocycles. The van der Waals surface area contributed by atoms with Gasteiger partial charge in [0.1, 0.15) is 0 Å². The first-order chi connectivity index (χ1) is 7.49. The summed E-state index contributed by atoms with van der Waals surface area (Å²) in [5, 5.41) is 3.86. The van der Waals surface area contributed by atoms with Crippen LogP contribution in [0, 0.1) is 11.3 Å². The van der Waals surface area contributed by atoms with Gasteiger partial charge in [0.2, 0.25) is 0 Å². The Morgan fingerprint density at radius 3 is 2.31 bits per heavy atom. The molecule has 16 heavy (non-hydrogen) atoms. The lowest BCUT2D eigenvalue weighted by Gasteiger charge is -2.36.